The van der Waals surface area contributed by atoms with Crippen molar-refractivity contribution in [3.63, 3.8) is 0 Å². The lowest BCUT2D eigenvalue weighted by molar-refractivity contribution is -0.128. The lowest BCUT2D eigenvalue weighted by atomic mass is 9.70. The van der Waals surface area contributed by atoms with Crippen molar-refractivity contribution >= 4 is 32.3 Å². The molecule has 0 spiro atoms. The zero-order valence-electron chi connectivity index (χ0n) is 16.2. The molecule has 150 valence electrons. The van der Waals surface area contributed by atoms with Crippen molar-refractivity contribution in [1.29, 1.82) is 0 Å². The van der Waals surface area contributed by atoms with E-state index < -0.39 is 15.4 Å². The van der Waals surface area contributed by atoms with Crippen LogP contribution in [0.5, 0.6) is 5.75 Å². The van der Waals surface area contributed by atoms with Gasteiger partial charge in [-0.3, -0.25) is 9.52 Å². The third-order valence-electron chi connectivity index (χ3n) is 6.71. The summed E-state index contributed by atoms with van der Waals surface area (Å²) in [5, 5.41) is 2.13. The standard InChI is InChI=1S/C20H24N2O4S2/c1-19(2)14-8-9-20(19,17(23)10-14)12-28(24,25)22-18-21-16(11-27-18)13-4-6-15(26-3)7-5-13/h4-7,11,14H,8-10,12H2,1-3H3,(H,21,22)/t14-,20-/m1/s1. The third kappa shape index (κ3) is 3.03. The number of fused-ring (bicyclic) bond motifs is 2. The average molecular weight is 421 g/mol. The van der Waals surface area contributed by atoms with Gasteiger partial charge in [0.05, 0.1) is 24.0 Å². The van der Waals surface area contributed by atoms with Crippen LogP contribution in [0.15, 0.2) is 29.6 Å². The number of benzene rings is 1. The van der Waals surface area contributed by atoms with E-state index in [2.05, 4.69) is 9.71 Å². The largest absolute Gasteiger partial charge is 0.497 e. The molecule has 0 amide bonds. The summed E-state index contributed by atoms with van der Waals surface area (Å²) in [5.41, 5.74) is 0.517. The second-order valence-corrected chi connectivity index (χ2v) is 10.9. The van der Waals surface area contributed by atoms with E-state index in [1.54, 1.807) is 7.11 Å². The van der Waals surface area contributed by atoms with E-state index in [-0.39, 0.29) is 22.9 Å². The number of sulfonamides is 1. The minimum atomic E-state index is -3.69. The monoisotopic (exact) mass is 420 g/mol. The fraction of sp³-hybridized carbons (Fsp3) is 0.500. The number of rotatable bonds is 6. The Labute approximate surface area is 169 Å². The SMILES string of the molecule is COc1ccc(-c2csc(NS(=O)(=O)C[C@]34CC[C@H](CC3=O)C4(C)C)n2)cc1. The number of carbonyl (C=O) groups excluding carboxylic acids is 1. The molecule has 2 aromatic rings. The van der Waals surface area contributed by atoms with Gasteiger partial charge >= 0.3 is 0 Å². The minimum absolute atomic E-state index is 0.0946. The number of Topliss-reactive ketones (excluding diaryl/α,β-unsaturated/α-hetero) is 1. The molecule has 1 aromatic carbocycles. The van der Waals surface area contributed by atoms with E-state index in [0.29, 0.717) is 23.7 Å². The van der Waals surface area contributed by atoms with Crippen LogP contribution in [0.25, 0.3) is 11.3 Å². The maximum Gasteiger partial charge on any atom is 0.235 e. The Kier molecular flexibility index (Phi) is 4.54. The molecule has 0 unspecified atom stereocenters. The molecular formula is C20H24N2O4S2. The molecule has 1 N–H and O–H groups in total. The van der Waals surface area contributed by atoms with Gasteiger partial charge in [0.25, 0.3) is 0 Å². The van der Waals surface area contributed by atoms with E-state index >= 15 is 0 Å². The van der Waals surface area contributed by atoms with Gasteiger partial charge in [0.1, 0.15) is 11.5 Å². The molecule has 2 fully saturated rings. The molecule has 6 nitrogen and oxygen atoms in total. The number of ether oxygens (including phenoxy) is 1. The lowest BCUT2D eigenvalue weighted by Gasteiger charge is -2.36. The van der Waals surface area contributed by atoms with E-state index in [4.69, 9.17) is 4.74 Å². The molecule has 28 heavy (non-hydrogen) atoms. The number of nitrogens with one attached hydrogen (secondary N) is 1. The predicted molar refractivity (Wildman–Crippen MR) is 110 cm³/mol. The van der Waals surface area contributed by atoms with E-state index in [1.165, 1.54) is 11.3 Å². The van der Waals surface area contributed by atoms with Crippen molar-refractivity contribution in [3.8, 4) is 17.0 Å². The molecule has 8 heteroatoms. The first-order valence-corrected chi connectivity index (χ1v) is 11.8. The Morgan fingerprint density at radius 2 is 2.00 bits per heavy atom. The normalized spacial score (nSPS) is 25.8. The van der Waals surface area contributed by atoms with Gasteiger partial charge in [0.15, 0.2) is 5.13 Å². The summed E-state index contributed by atoms with van der Waals surface area (Å²) in [7, 11) is -2.08. The Balaban J connectivity index is 1.53. The molecule has 2 bridgehead atoms. The fourth-order valence-corrected chi connectivity index (χ4v) is 7.66. The Morgan fingerprint density at radius 3 is 2.57 bits per heavy atom. The van der Waals surface area contributed by atoms with Gasteiger partial charge in [-0.25, -0.2) is 13.4 Å². The highest BCUT2D eigenvalue weighted by molar-refractivity contribution is 7.92. The minimum Gasteiger partial charge on any atom is -0.497 e. The van der Waals surface area contributed by atoms with Crippen molar-refractivity contribution < 1.29 is 17.9 Å². The molecule has 2 atom stereocenters. The molecule has 2 aliphatic rings. The molecule has 0 saturated heterocycles. The molecule has 0 aliphatic heterocycles. The number of methoxy groups -OCH3 is 1. The summed E-state index contributed by atoms with van der Waals surface area (Å²) in [5.74, 6) is 0.964. The van der Waals surface area contributed by atoms with Crippen LogP contribution in [0.3, 0.4) is 0 Å². The third-order valence-corrected chi connectivity index (χ3v) is 8.97. The summed E-state index contributed by atoms with van der Waals surface area (Å²) in [6, 6.07) is 7.43. The van der Waals surface area contributed by atoms with Crippen LogP contribution in [0.1, 0.15) is 33.1 Å². The quantitative estimate of drug-likeness (QED) is 0.765. The summed E-state index contributed by atoms with van der Waals surface area (Å²) in [6.45, 7) is 4.08. The van der Waals surface area contributed by atoms with Crippen LogP contribution in [-0.2, 0) is 14.8 Å². The number of carbonyl (C=O) groups is 1. The Morgan fingerprint density at radius 1 is 1.29 bits per heavy atom. The van der Waals surface area contributed by atoms with Gasteiger partial charge in [0.2, 0.25) is 10.0 Å². The van der Waals surface area contributed by atoms with Crippen molar-refractivity contribution in [3.05, 3.63) is 29.6 Å². The first-order valence-electron chi connectivity index (χ1n) is 9.31. The van der Waals surface area contributed by atoms with Crippen molar-refractivity contribution in [2.45, 2.75) is 33.1 Å². The van der Waals surface area contributed by atoms with Crippen LogP contribution >= 0.6 is 11.3 Å². The van der Waals surface area contributed by atoms with Crippen molar-refractivity contribution in [2.24, 2.45) is 16.7 Å². The lowest BCUT2D eigenvalue weighted by Crippen LogP contribution is -2.43. The molecular weight excluding hydrogens is 396 g/mol. The zero-order valence-corrected chi connectivity index (χ0v) is 17.8. The number of hydrogen-bond acceptors (Lipinski definition) is 6. The Bertz CT molecular complexity index is 1010. The van der Waals surface area contributed by atoms with Gasteiger partial charge in [-0.05, 0) is 48.4 Å². The van der Waals surface area contributed by atoms with Crippen LogP contribution in [0.2, 0.25) is 0 Å². The Hall–Kier alpha value is -1.93. The van der Waals surface area contributed by atoms with Crippen LogP contribution < -0.4 is 9.46 Å². The molecule has 0 radical (unpaired) electrons. The average Bonchev–Trinajstić information content (AvgIpc) is 3.24. The highest BCUT2D eigenvalue weighted by Gasteiger charge is 2.65. The highest BCUT2D eigenvalue weighted by atomic mass is 32.2. The van der Waals surface area contributed by atoms with Crippen LogP contribution in [0.4, 0.5) is 5.13 Å². The second-order valence-electron chi connectivity index (χ2n) is 8.29. The highest BCUT2D eigenvalue weighted by Crippen LogP contribution is 2.64. The van der Waals surface area contributed by atoms with Crippen molar-refractivity contribution in [2.75, 3.05) is 17.6 Å². The number of hydrogen-bond donors (Lipinski definition) is 1. The van der Waals surface area contributed by atoms with Crippen molar-refractivity contribution in [1.82, 2.24) is 4.98 Å². The van der Waals surface area contributed by atoms with Gasteiger partial charge < -0.3 is 4.74 Å². The summed E-state index contributed by atoms with van der Waals surface area (Å²) >= 11 is 1.24. The van der Waals surface area contributed by atoms with Crippen LogP contribution in [0, 0.1) is 16.7 Å². The maximum atomic E-state index is 12.9. The molecule has 4 rings (SSSR count). The second kappa shape index (κ2) is 6.56. The molecule has 1 aromatic heterocycles. The smallest absolute Gasteiger partial charge is 0.235 e. The number of aromatic nitrogens is 1. The number of nitrogens with zero attached hydrogens (tertiary/aromatic N) is 1. The summed E-state index contributed by atoms with van der Waals surface area (Å²) in [6.07, 6.45) is 2.08. The number of thiazole rings is 1. The summed E-state index contributed by atoms with van der Waals surface area (Å²) < 4.78 is 33.5. The number of anilines is 1. The van der Waals surface area contributed by atoms with Gasteiger partial charge in [0, 0.05) is 17.4 Å². The van der Waals surface area contributed by atoms with E-state index in [1.807, 2.05) is 43.5 Å². The van der Waals surface area contributed by atoms with E-state index in [0.717, 1.165) is 17.7 Å². The van der Waals surface area contributed by atoms with Crippen LogP contribution in [-0.4, -0.2) is 32.0 Å². The van der Waals surface area contributed by atoms with E-state index in [9.17, 15) is 13.2 Å². The first kappa shape index (κ1) is 19.4. The topological polar surface area (TPSA) is 85.4 Å². The number of ketones is 1. The fourth-order valence-electron chi connectivity index (χ4n) is 4.82. The first-order chi connectivity index (χ1) is 13.2. The molecule has 2 saturated carbocycles. The molecule has 1 heterocycles. The molecule has 2 aliphatic carbocycles. The predicted octanol–water partition coefficient (Wildman–Crippen LogP) is 3.96. The zero-order chi connectivity index (χ0) is 20.2. The summed E-state index contributed by atoms with van der Waals surface area (Å²) in [4.78, 5) is 17.0. The van der Waals surface area contributed by atoms with Gasteiger partial charge in [-0.15, -0.1) is 11.3 Å². The maximum absolute atomic E-state index is 12.9. The van der Waals surface area contributed by atoms with Gasteiger partial charge in [-0.2, -0.15) is 0 Å². The van der Waals surface area contributed by atoms with Gasteiger partial charge in [-0.1, -0.05) is 13.8 Å².